The third-order valence-electron chi connectivity index (χ3n) is 8.59. The predicted octanol–water partition coefficient (Wildman–Crippen LogP) is 4.50. The predicted molar refractivity (Wildman–Crippen MR) is 177 cm³/mol. The third kappa shape index (κ3) is 7.46. The molecule has 0 spiro atoms. The molecule has 2 aliphatic heterocycles. The maximum Gasteiger partial charge on any atom is 0.271 e. The van der Waals surface area contributed by atoms with Crippen molar-refractivity contribution in [2.45, 2.75) is 52.5 Å². The van der Waals surface area contributed by atoms with Crippen LogP contribution in [0.4, 0.5) is 34.4 Å². The van der Waals surface area contributed by atoms with Gasteiger partial charge in [-0.05, 0) is 75.2 Å². The van der Waals surface area contributed by atoms with Crippen molar-refractivity contribution in [1.29, 1.82) is 0 Å². The van der Waals surface area contributed by atoms with Gasteiger partial charge < -0.3 is 31.5 Å². The molecule has 2 saturated heterocycles. The van der Waals surface area contributed by atoms with Crippen molar-refractivity contribution in [2.24, 2.45) is 5.73 Å². The SMILES string of the molecule is CCC(=O)Nc1cccc(Nc2nc(Nc3ccc(N4CCC(N5CCN(C)CC5)CC4)c(C)c3)c(C(N)=O)nc2CC)c1. The lowest BCUT2D eigenvalue weighted by Crippen LogP contribution is -2.52. The molecule has 44 heavy (non-hydrogen) atoms. The van der Waals surface area contributed by atoms with Crippen molar-refractivity contribution < 1.29 is 9.59 Å². The number of hydrogen-bond acceptors (Lipinski definition) is 9. The van der Waals surface area contributed by atoms with Gasteiger partial charge in [0, 0.05) is 74.5 Å². The summed E-state index contributed by atoms with van der Waals surface area (Å²) in [5.41, 5.74) is 11.0. The number of piperazine rings is 1. The van der Waals surface area contributed by atoms with Crippen molar-refractivity contribution in [2.75, 3.05) is 67.2 Å². The number of aromatic nitrogens is 2. The molecular weight excluding hydrogens is 554 g/mol. The molecule has 2 aliphatic rings. The molecule has 0 aliphatic carbocycles. The fraction of sp³-hybridized carbons (Fsp3) is 0.455. The van der Waals surface area contributed by atoms with Gasteiger partial charge in [-0.15, -0.1) is 0 Å². The number of rotatable bonds is 10. The van der Waals surface area contributed by atoms with Crippen LogP contribution < -0.4 is 26.6 Å². The largest absolute Gasteiger partial charge is 0.371 e. The number of nitrogens with one attached hydrogen (secondary N) is 3. The van der Waals surface area contributed by atoms with Gasteiger partial charge in [0.25, 0.3) is 5.91 Å². The number of amides is 2. The van der Waals surface area contributed by atoms with Crippen molar-refractivity contribution in [3.05, 3.63) is 59.4 Å². The minimum Gasteiger partial charge on any atom is -0.371 e. The molecule has 5 rings (SSSR count). The van der Waals surface area contributed by atoms with Gasteiger partial charge in [0.1, 0.15) is 0 Å². The topological polar surface area (TPSA) is 132 Å². The second kappa shape index (κ2) is 14.0. The second-order valence-corrected chi connectivity index (χ2v) is 11.7. The average Bonchev–Trinajstić information content (AvgIpc) is 3.02. The number of nitrogens with two attached hydrogens (primary N) is 1. The van der Waals surface area contributed by atoms with Crippen LogP contribution in [0.5, 0.6) is 0 Å². The maximum absolute atomic E-state index is 12.4. The van der Waals surface area contributed by atoms with E-state index in [1.165, 1.54) is 18.5 Å². The van der Waals surface area contributed by atoms with Gasteiger partial charge in [-0.3, -0.25) is 14.5 Å². The van der Waals surface area contributed by atoms with Crippen LogP contribution in [-0.4, -0.2) is 83.9 Å². The molecule has 11 nitrogen and oxygen atoms in total. The van der Waals surface area contributed by atoms with E-state index in [-0.39, 0.29) is 17.4 Å². The van der Waals surface area contributed by atoms with Crippen LogP contribution in [-0.2, 0) is 11.2 Å². The standard InChI is InChI=1S/C33H45N9O2/c1-5-27-32(36-24-9-7-8-23(21-24)35-29(43)6-2)39-33(30(38-27)31(34)44)37-25-10-11-28(22(3)20-25)42-14-12-26(13-15-42)41-18-16-40(4)17-19-41/h7-11,20-21,26H,5-6,12-19H2,1-4H3,(H2,34,44)(H,35,43)(H2,36,37,39). The van der Waals surface area contributed by atoms with E-state index in [0.29, 0.717) is 36.1 Å². The number of anilines is 6. The molecule has 234 valence electrons. The Morgan fingerprint density at radius 2 is 1.57 bits per heavy atom. The molecule has 5 N–H and O–H groups in total. The summed E-state index contributed by atoms with van der Waals surface area (Å²) in [7, 11) is 2.20. The molecule has 3 heterocycles. The monoisotopic (exact) mass is 599 g/mol. The van der Waals surface area contributed by atoms with E-state index in [0.717, 1.165) is 56.2 Å². The molecule has 0 bridgehead atoms. The lowest BCUT2D eigenvalue weighted by atomic mass is 10.0. The first kappa shape index (κ1) is 31.2. The number of nitrogens with zero attached hydrogens (tertiary/aromatic N) is 5. The molecule has 11 heteroatoms. The number of carbonyl (C=O) groups is 2. The van der Waals surface area contributed by atoms with E-state index < -0.39 is 5.91 Å². The number of aryl methyl sites for hydroxylation is 2. The number of hydrogen-bond donors (Lipinski definition) is 4. The summed E-state index contributed by atoms with van der Waals surface area (Å²) >= 11 is 0. The molecule has 0 radical (unpaired) electrons. The highest BCUT2D eigenvalue weighted by Gasteiger charge is 2.27. The normalized spacial score (nSPS) is 16.5. The lowest BCUT2D eigenvalue weighted by molar-refractivity contribution is -0.115. The second-order valence-electron chi connectivity index (χ2n) is 11.7. The van der Waals surface area contributed by atoms with Gasteiger partial charge in [-0.25, -0.2) is 9.97 Å². The average molecular weight is 600 g/mol. The van der Waals surface area contributed by atoms with E-state index >= 15 is 0 Å². The Kier molecular flexibility index (Phi) is 9.96. The maximum atomic E-state index is 12.4. The van der Waals surface area contributed by atoms with E-state index in [4.69, 9.17) is 10.7 Å². The summed E-state index contributed by atoms with van der Waals surface area (Å²) in [4.78, 5) is 41.2. The van der Waals surface area contributed by atoms with E-state index in [1.54, 1.807) is 0 Å². The number of piperidine rings is 1. The summed E-state index contributed by atoms with van der Waals surface area (Å²) in [5, 5.41) is 9.48. The van der Waals surface area contributed by atoms with Gasteiger partial charge in [0.15, 0.2) is 17.3 Å². The van der Waals surface area contributed by atoms with E-state index in [1.807, 2.05) is 44.2 Å². The van der Waals surface area contributed by atoms with Crippen molar-refractivity contribution in [3.8, 4) is 0 Å². The highest BCUT2D eigenvalue weighted by molar-refractivity contribution is 5.97. The van der Waals surface area contributed by atoms with E-state index in [2.05, 4.69) is 61.7 Å². The summed E-state index contributed by atoms with van der Waals surface area (Å²) in [5.74, 6) is 0.0790. The highest BCUT2D eigenvalue weighted by atomic mass is 16.2. The number of likely N-dealkylation sites (N-methyl/N-ethyl adjacent to an activating group) is 1. The number of benzene rings is 2. The van der Waals surface area contributed by atoms with Crippen LogP contribution in [0, 0.1) is 6.92 Å². The molecular formula is C33H45N9O2. The van der Waals surface area contributed by atoms with Gasteiger partial charge >= 0.3 is 0 Å². The molecule has 2 aromatic carbocycles. The third-order valence-corrected chi connectivity index (χ3v) is 8.59. The van der Waals surface area contributed by atoms with Gasteiger partial charge in [-0.1, -0.05) is 19.9 Å². The highest BCUT2D eigenvalue weighted by Crippen LogP contribution is 2.31. The lowest BCUT2D eigenvalue weighted by Gasteiger charge is -2.43. The Morgan fingerprint density at radius 3 is 2.23 bits per heavy atom. The van der Waals surface area contributed by atoms with Crippen LogP contribution >= 0.6 is 0 Å². The summed E-state index contributed by atoms with van der Waals surface area (Å²) in [6.45, 7) is 12.6. The zero-order valence-corrected chi connectivity index (χ0v) is 26.3. The smallest absolute Gasteiger partial charge is 0.271 e. The molecule has 3 aromatic rings. The Labute approximate surface area is 260 Å². The summed E-state index contributed by atoms with van der Waals surface area (Å²) in [6.07, 6.45) is 3.28. The zero-order valence-electron chi connectivity index (χ0n) is 26.3. The van der Waals surface area contributed by atoms with Crippen molar-refractivity contribution in [1.82, 2.24) is 19.8 Å². The van der Waals surface area contributed by atoms with Crippen LogP contribution in [0.2, 0.25) is 0 Å². The first-order chi connectivity index (χ1) is 21.2. The van der Waals surface area contributed by atoms with Crippen molar-refractivity contribution >= 4 is 46.2 Å². The van der Waals surface area contributed by atoms with Crippen LogP contribution in [0.15, 0.2) is 42.5 Å². The summed E-state index contributed by atoms with van der Waals surface area (Å²) in [6, 6.07) is 14.3. The fourth-order valence-electron chi connectivity index (χ4n) is 6.02. The van der Waals surface area contributed by atoms with Gasteiger partial charge in [-0.2, -0.15) is 0 Å². The minimum absolute atomic E-state index is 0.0649. The van der Waals surface area contributed by atoms with Gasteiger partial charge in [0.05, 0.1) is 5.69 Å². The zero-order chi connectivity index (χ0) is 31.2. The first-order valence-electron chi connectivity index (χ1n) is 15.7. The molecule has 2 amide bonds. The quantitative estimate of drug-likeness (QED) is 0.266. The fourth-order valence-corrected chi connectivity index (χ4v) is 6.02. The van der Waals surface area contributed by atoms with Gasteiger partial charge in [0.2, 0.25) is 5.91 Å². The van der Waals surface area contributed by atoms with Crippen molar-refractivity contribution in [3.63, 3.8) is 0 Å². The molecule has 0 saturated carbocycles. The Balaban J connectivity index is 1.31. The first-order valence-corrected chi connectivity index (χ1v) is 15.7. The Morgan fingerprint density at radius 1 is 0.886 bits per heavy atom. The number of primary amides is 1. The van der Waals surface area contributed by atoms with E-state index in [9.17, 15) is 9.59 Å². The Hall–Kier alpha value is -4.22. The molecule has 2 fully saturated rings. The van der Waals surface area contributed by atoms with Crippen LogP contribution in [0.25, 0.3) is 0 Å². The molecule has 0 unspecified atom stereocenters. The molecule has 1 aromatic heterocycles. The summed E-state index contributed by atoms with van der Waals surface area (Å²) < 4.78 is 0. The minimum atomic E-state index is -0.651. The number of carbonyl (C=O) groups excluding carboxylic acids is 2. The van der Waals surface area contributed by atoms with Crippen LogP contribution in [0.3, 0.4) is 0 Å². The molecule has 0 atom stereocenters. The Bertz CT molecular complexity index is 1480. The van der Waals surface area contributed by atoms with Crippen LogP contribution in [0.1, 0.15) is 54.9 Å².